The molecule has 0 heterocycles. The van der Waals surface area contributed by atoms with Crippen molar-refractivity contribution in [2.75, 3.05) is 0 Å². The maximum absolute atomic E-state index is 13.2. The third-order valence-corrected chi connectivity index (χ3v) is 4.09. The maximum atomic E-state index is 13.2. The molecule has 0 amide bonds. The van der Waals surface area contributed by atoms with Gasteiger partial charge < -0.3 is 5.11 Å². The van der Waals surface area contributed by atoms with Crippen LogP contribution in [0.1, 0.15) is 29.9 Å². The predicted octanol–water partition coefficient (Wildman–Crippen LogP) is 3.09. The van der Waals surface area contributed by atoms with E-state index in [4.69, 9.17) is 5.11 Å². The van der Waals surface area contributed by atoms with Gasteiger partial charge in [-0.25, -0.2) is 4.39 Å². The van der Waals surface area contributed by atoms with E-state index in [9.17, 15) is 9.18 Å². The molecule has 2 rings (SSSR count). The highest BCUT2D eigenvalue weighted by Gasteiger charge is 2.30. The quantitative estimate of drug-likeness (QED) is 0.849. The predicted molar refractivity (Wildman–Crippen MR) is 62.4 cm³/mol. The van der Waals surface area contributed by atoms with Crippen LogP contribution in [0.5, 0.6) is 0 Å². The zero-order valence-electron chi connectivity index (χ0n) is 8.62. The molecule has 2 nitrogen and oxygen atoms in total. The summed E-state index contributed by atoms with van der Waals surface area (Å²) < 4.78 is 13.2. The minimum atomic E-state index is -0.887. The molecule has 1 aromatic carbocycles. The lowest BCUT2D eigenvalue weighted by Crippen LogP contribution is -2.25. The van der Waals surface area contributed by atoms with E-state index in [1.54, 1.807) is 6.07 Å². The lowest BCUT2D eigenvalue weighted by molar-refractivity contribution is -0.136. The van der Waals surface area contributed by atoms with Crippen LogP contribution < -0.4 is 0 Å². The van der Waals surface area contributed by atoms with Gasteiger partial charge in [0.1, 0.15) is 10.6 Å². The number of halogens is 2. The van der Waals surface area contributed by atoms with Gasteiger partial charge in [-0.15, -0.1) is 0 Å². The molecule has 0 aromatic heterocycles. The van der Waals surface area contributed by atoms with E-state index in [2.05, 4.69) is 15.9 Å². The fourth-order valence-electron chi connectivity index (χ4n) is 2.28. The number of benzene rings is 1. The van der Waals surface area contributed by atoms with Gasteiger partial charge in [0, 0.05) is 5.92 Å². The summed E-state index contributed by atoms with van der Waals surface area (Å²) in [6.45, 7) is 0. The Bertz CT molecular complexity index is 419. The Morgan fingerprint density at radius 3 is 3.00 bits per heavy atom. The monoisotopic (exact) mass is 286 g/mol. The number of aryl methyl sites for hydroxylation is 1. The summed E-state index contributed by atoms with van der Waals surface area (Å²) in [7, 11) is 0. The highest BCUT2D eigenvalue weighted by molar-refractivity contribution is 9.10. The highest BCUT2D eigenvalue weighted by atomic mass is 79.9. The Morgan fingerprint density at radius 2 is 2.31 bits per heavy atom. The summed E-state index contributed by atoms with van der Waals surface area (Å²) in [4.78, 5) is 10.3. The summed E-state index contributed by atoms with van der Waals surface area (Å²) in [6, 6.07) is 4.67. The smallest absolute Gasteiger partial charge is 0.317 e. The molecular weight excluding hydrogens is 275 g/mol. The van der Waals surface area contributed by atoms with Crippen molar-refractivity contribution in [1.82, 2.24) is 0 Å². The number of alkyl halides is 1. The molecule has 0 fully saturated rings. The zero-order valence-corrected chi connectivity index (χ0v) is 10.2. The first-order chi connectivity index (χ1) is 7.59. The second-order valence-corrected chi connectivity index (χ2v) is 5.07. The number of carboxylic acids is 1. The molecule has 1 aliphatic carbocycles. The molecule has 0 spiro atoms. The number of fused-ring (bicyclic) bond motifs is 1. The molecular formula is C12H12BrFO2. The van der Waals surface area contributed by atoms with E-state index in [-0.39, 0.29) is 11.7 Å². The lowest BCUT2D eigenvalue weighted by Gasteiger charge is -2.27. The number of aliphatic carboxylic acids is 1. The highest BCUT2D eigenvalue weighted by Crippen LogP contribution is 2.37. The Morgan fingerprint density at radius 1 is 1.56 bits per heavy atom. The van der Waals surface area contributed by atoms with Gasteiger partial charge in [-0.05, 0) is 42.5 Å². The molecule has 1 aromatic rings. The topological polar surface area (TPSA) is 37.3 Å². The zero-order chi connectivity index (χ0) is 11.7. The second-order valence-electron chi connectivity index (χ2n) is 4.08. The van der Waals surface area contributed by atoms with Gasteiger partial charge in [-0.3, -0.25) is 4.79 Å². The van der Waals surface area contributed by atoms with Crippen LogP contribution >= 0.6 is 15.9 Å². The van der Waals surface area contributed by atoms with Gasteiger partial charge in [-0.2, -0.15) is 0 Å². The molecule has 86 valence electrons. The molecule has 0 bridgehead atoms. The van der Waals surface area contributed by atoms with E-state index in [1.807, 2.05) is 0 Å². The Hall–Kier alpha value is -0.900. The molecule has 16 heavy (non-hydrogen) atoms. The normalized spacial score (nSPS) is 21.2. The van der Waals surface area contributed by atoms with Crippen LogP contribution in [0.4, 0.5) is 4.39 Å². The van der Waals surface area contributed by atoms with Gasteiger partial charge in [0.15, 0.2) is 0 Å². The van der Waals surface area contributed by atoms with Crippen molar-refractivity contribution in [3.05, 3.63) is 35.1 Å². The average Bonchev–Trinajstić information content (AvgIpc) is 2.27. The van der Waals surface area contributed by atoms with Crippen LogP contribution in [0.15, 0.2) is 18.2 Å². The molecule has 4 heteroatoms. The molecule has 1 aliphatic rings. The van der Waals surface area contributed by atoms with E-state index >= 15 is 0 Å². The second kappa shape index (κ2) is 4.53. The van der Waals surface area contributed by atoms with Crippen molar-refractivity contribution < 1.29 is 14.3 Å². The Labute approximate surface area is 102 Å². The van der Waals surface area contributed by atoms with Crippen molar-refractivity contribution >= 4 is 21.9 Å². The van der Waals surface area contributed by atoms with Crippen molar-refractivity contribution in [1.29, 1.82) is 0 Å². The van der Waals surface area contributed by atoms with Crippen LogP contribution in [-0.4, -0.2) is 15.9 Å². The van der Waals surface area contributed by atoms with E-state index in [1.165, 1.54) is 12.1 Å². The molecule has 2 atom stereocenters. The summed E-state index contributed by atoms with van der Waals surface area (Å²) in [5, 5.41) is 8.99. The molecule has 0 saturated heterocycles. The van der Waals surface area contributed by atoms with Gasteiger partial charge in [0.05, 0.1) is 0 Å². The van der Waals surface area contributed by atoms with Gasteiger partial charge in [-0.1, -0.05) is 22.0 Å². The average molecular weight is 287 g/mol. The van der Waals surface area contributed by atoms with Crippen molar-refractivity contribution in [2.24, 2.45) is 0 Å². The fourth-order valence-corrected chi connectivity index (χ4v) is 2.83. The number of hydrogen-bond donors (Lipinski definition) is 1. The third kappa shape index (κ3) is 2.12. The number of carbonyl (C=O) groups is 1. The van der Waals surface area contributed by atoms with Gasteiger partial charge in [0.25, 0.3) is 0 Å². The van der Waals surface area contributed by atoms with Crippen LogP contribution in [0, 0.1) is 5.82 Å². The van der Waals surface area contributed by atoms with Gasteiger partial charge >= 0.3 is 5.97 Å². The summed E-state index contributed by atoms with van der Waals surface area (Å²) in [6.07, 6.45) is 2.66. The van der Waals surface area contributed by atoms with Crippen LogP contribution in [-0.2, 0) is 11.2 Å². The Balaban J connectivity index is 2.38. The largest absolute Gasteiger partial charge is 0.480 e. The summed E-state index contributed by atoms with van der Waals surface area (Å²) in [5.41, 5.74) is 1.92. The number of hydrogen-bond acceptors (Lipinski definition) is 1. The minimum Gasteiger partial charge on any atom is -0.480 e. The van der Waals surface area contributed by atoms with Crippen molar-refractivity contribution in [3.63, 3.8) is 0 Å². The molecule has 1 N–H and O–H groups in total. The SMILES string of the molecule is O=C(O)C(Br)C1CCCc2ccc(F)cc21. The van der Waals surface area contributed by atoms with Crippen LogP contribution in [0.25, 0.3) is 0 Å². The summed E-state index contributed by atoms with van der Waals surface area (Å²) >= 11 is 3.18. The molecule has 0 saturated carbocycles. The van der Waals surface area contributed by atoms with Crippen molar-refractivity contribution in [3.8, 4) is 0 Å². The third-order valence-electron chi connectivity index (χ3n) is 3.06. The molecule has 2 unspecified atom stereocenters. The first-order valence-electron chi connectivity index (χ1n) is 5.25. The number of carboxylic acid groups (broad SMARTS) is 1. The first-order valence-corrected chi connectivity index (χ1v) is 6.16. The minimum absolute atomic E-state index is 0.128. The fraction of sp³-hybridized carbons (Fsp3) is 0.417. The van der Waals surface area contributed by atoms with Crippen LogP contribution in [0.3, 0.4) is 0 Å². The van der Waals surface area contributed by atoms with Crippen LogP contribution in [0.2, 0.25) is 0 Å². The standard InChI is InChI=1S/C12H12BrFO2/c13-11(12(15)16)9-3-1-2-7-4-5-8(14)6-10(7)9/h4-6,9,11H,1-3H2,(H,15,16). The molecule has 0 aliphatic heterocycles. The van der Waals surface area contributed by atoms with E-state index in [0.29, 0.717) is 0 Å². The van der Waals surface area contributed by atoms with Crippen molar-refractivity contribution in [2.45, 2.75) is 30.0 Å². The van der Waals surface area contributed by atoms with E-state index in [0.717, 1.165) is 30.4 Å². The first kappa shape index (κ1) is 11.6. The summed E-state index contributed by atoms with van der Waals surface area (Å²) in [5.74, 6) is -1.31. The maximum Gasteiger partial charge on any atom is 0.317 e. The number of rotatable bonds is 2. The van der Waals surface area contributed by atoms with E-state index < -0.39 is 10.8 Å². The van der Waals surface area contributed by atoms with Gasteiger partial charge in [0.2, 0.25) is 0 Å². The lowest BCUT2D eigenvalue weighted by atomic mass is 9.81. The Kier molecular flexibility index (Phi) is 3.28. The molecule has 0 radical (unpaired) electrons.